The number of hydrogen-bond donors (Lipinski definition) is 4. The van der Waals surface area contributed by atoms with Gasteiger partial charge in [0.15, 0.2) is 17.3 Å². The molecule has 4 heterocycles. The minimum absolute atomic E-state index is 0. The molecule has 1 aliphatic heterocycles. The Morgan fingerprint density at radius 3 is 1.12 bits per heavy atom. The summed E-state index contributed by atoms with van der Waals surface area (Å²) < 4.78 is 68.1. The van der Waals surface area contributed by atoms with Crippen molar-refractivity contribution in [2.75, 3.05) is 12.0 Å². The van der Waals surface area contributed by atoms with Gasteiger partial charge in [-0.1, -0.05) is 81.7 Å². The van der Waals surface area contributed by atoms with E-state index < -0.39 is 16.8 Å². The minimum Gasteiger partial charge on any atom is -1.00 e. The van der Waals surface area contributed by atoms with Crippen LogP contribution in [0, 0.1) is 187 Å². The molecule has 32 atom stereocenters. The molecule has 3 aromatic heterocycles. The van der Waals surface area contributed by atoms with Gasteiger partial charge in [0.05, 0.1) is 51.7 Å². The smallest absolute Gasteiger partial charge is 1.00 e. The van der Waals surface area contributed by atoms with Gasteiger partial charge in [-0.2, -0.15) is 28.3 Å². The Morgan fingerprint density at radius 1 is 0.410 bits per heavy atom. The fourth-order valence-electron chi connectivity index (χ4n) is 36.2. The van der Waals surface area contributed by atoms with Crippen LogP contribution < -0.4 is 119 Å². The van der Waals surface area contributed by atoms with Crippen LogP contribution >= 0.6 is 29.2 Å². The molecule has 0 bridgehead atoms. The quantitative estimate of drug-likeness (QED) is 0.0174. The van der Waals surface area contributed by atoms with E-state index in [1.54, 1.807) is 33.6 Å². The summed E-state index contributed by atoms with van der Waals surface area (Å²) in [7, 11) is 0. The Morgan fingerprint density at radius 2 is 0.729 bits per heavy atom. The van der Waals surface area contributed by atoms with E-state index in [0.717, 1.165) is 235 Å². The number of benzene rings is 4. The second-order valence-electron chi connectivity index (χ2n) is 49.1. The van der Waals surface area contributed by atoms with E-state index in [2.05, 4.69) is 117 Å². The van der Waals surface area contributed by atoms with Gasteiger partial charge in [-0.3, -0.25) is 34.0 Å². The van der Waals surface area contributed by atoms with Crippen LogP contribution in [0.25, 0.3) is 33.1 Å². The van der Waals surface area contributed by atoms with E-state index in [4.69, 9.17) is 12.3 Å². The molecule has 0 radical (unpaired) electrons. The van der Waals surface area contributed by atoms with Gasteiger partial charge in [0.2, 0.25) is 0 Å². The number of carbonyl (C=O) groups is 5. The second-order valence-corrected chi connectivity index (χ2v) is 49.7. The summed E-state index contributed by atoms with van der Waals surface area (Å²) in [6, 6.07) is 17.7. The molecule has 16 aliphatic carbocycles. The Balaban J connectivity index is 0.000000139. The summed E-state index contributed by atoms with van der Waals surface area (Å²) in [4.78, 5) is 73.8. The third-order valence-electron chi connectivity index (χ3n) is 43.4. The summed E-state index contributed by atoms with van der Waals surface area (Å²) in [5, 5.41) is 79.3. The van der Waals surface area contributed by atoms with Crippen molar-refractivity contribution in [3.63, 3.8) is 0 Å². The van der Waals surface area contributed by atoms with Gasteiger partial charge in [-0.15, -0.1) is 10.2 Å². The molecule has 0 unspecified atom stereocenters. The Kier molecular flexibility index (Phi) is 35.4. The van der Waals surface area contributed by atoms with Gasteiger partial charge < -0.3 is 32.0 Å². The topological polar surface area (TPSA) is 315 Å². The van der Waals surface area contributed by atoms with E-state index in [0.29, 0.717) is 92.1 Å². The van der Waals surface area contributed by atoms with E-state index in [1.807, 2.05) is 0 Å². The number of fused-ring (bicyclic) bond motifs is 24. The van der Waals surface area contributed by atoms with Crippen molar-refractivity contribution in [1.82, 2.24) is 45.0 Å². The van der Waals surface area contributed by atoms with Gasteiger partial charge in [0.25, 0.3) is 6.47 Å². The molecule has 16 fully saturated rings. The number of halogens is 5. The van der Waals surface area contributed by atoms with Crippen LogP contribution in [0.5, 0.6) is 0 Å². The number of Topliss-reactive ketones (excluding diaryl/α,β-unsaturated/α-hetero) is 4. The van der Waals surface area contributed by atoms with Gasteiger partial charge in [0.1, 0.15) is 77.4 Å². The molecule has 0 saturated heterocycles. The fraction of sp³-hybridized carbons (Fsp3) is 0.746. The van der Waals surface area contributed by atoms with Gasteiger partial charge >= 0.3 is 103 Å². The van der Waals surface area contributed by atoms with E-state index in [9.17, 15) is 57.2 Å². The Bertz CT molecular complexity index is 5890. The van der Waals surface area contributed by atoms with E-state index in [1.165, 1.54) is 169 Å². The van der Waals surface area contributed by atoms with Crippen LogP contribution in [0.3, 0.4) is 0 Å². The van der Waals surface area contributed by atoms with Crippen molar-refractivity contribution in [2.24, 2.45) is 174 Å². The largest absolute Gasteiger partial charge is 1.00 e. The molecule has 22 nitrogen and oxygen atoms in total. The average Bonchev–Trinajstić information content (AvgIpc) is 1.66. The van der Waals surface area contributed by atoms with Crippen molar-refractivity contribution >= 4 is 91.9 Å². The first-order chi connectivity index (χ1) is 69.0. The molecule has 17 aliphatic rings. The molecule has 144 heavy (non-hydrogen) atoms. The molecule has 7 aromatic rings. The molecule has 16 saturated carbocycles. The molecule has 24 rings (SSSR count). The predicted octanol–water partition coefficient (Wildman–Crippen LogP) is 14.7. The monoisotopic (exact) mass is 2120 g/mol. The number of alkyl halides is 1. The minimum atomic E-state index is -0.434. The Hall–Kier alpha value is -3.55. The molecule has 778 valence electrons. The normalized spacial score (nSPS) is 39.8. The maximum absolute atomic E-state index is 13.8. The van der Waals surface area contributed by atoms with Crippen LogP contribution in [0.1, 0.15) is 314 Å². The maximum Gasteiger partial charge on any atom is 1.00 e. The molecular weight excluding hydrogens is 1970 g/mol. The third kappa shape index (κ3) is 22.2. The van der Waals surface area contributed by atoms with Gasteiger partial charge in [0, 0.05) is 47.9 Å². The van der Waals surface area contributed by atoms with Gasteiger partial charge in [-0.05, 0) is 445 Å². The first-order valence-electron chi connectivity index (χ1n) is 55.8. The number of carbonyl (C=O) groups excluding carboxylic acids is 5. The number of rotatable bonds is 16. The van der Waals surface area contributed by atoms with Crippen LogP contribution in [0.4, 0.5) is 17.6 Å². The summed E-state index contributed by atoms with van der Waals surface area (Å²) in [6.45, 7) is 19.0. The Labute approximate surface area is 952 Å². The van der Waals surface area contributed by atoms with Crippen LogP contribution in [-0.4, -0.2) is 132 Å². The molecule has 0 spiro atoms. The first kappa shape index (κ1) is 110. The predicted molar refractivity (Wildman–Crippen MR) is 542 cm³/mol. The zero-order valence-electron chi connectivity index (χ0n) is 90.0. The summed E-state index contributed by atoms with van der Waals surface area (Å²) in [5.41, 5.74) is 2.38. The number of aromatic nitrogens is 9. The molecule has 4 N–H and O–H groups in total. The number of hydrogen-bond acceptors (Lipinski definition) is 19. The molecule has 30 heteroatoms. The van der Waals surface area contributed by atoms with Crippen molar-refractivity contribution in [1.29, 1.82) is 2.25 Å². The van der Waals surface area contributed by atoms with E-state index in [-0.39, 0.29) is 229 Å². The SMILES string of the molecule is CC[C@@]1(O)CC[C@H]2[C@H](CC[C@@H]3[C@@H]2CC[C@]2(C)[C@@H](C(=O)CBr)CC[C@@H]32)C1.CC[C@@]1(O)CC[C@H]2[C@H](CC[C@@H]3[C@@H]2CC[C@]2(C)[C@@H](C(=O)Cn4nc5ccc(F)cc5n4)CC[C@@H]32)C1.CC[C@@]1(O)CC[C@H]2[C@H](CC[C@@H]3[C@@H]2CC[C@]2(C)[C@@H](C(=O)Cn4nnc5cc(F)ccc54)CC[C@@H]32)C1.CC[C@@]1(O)CC[C@H]2[C@H](CC[C@@H]3[C@@H]2CC[C@]2(C)[C@@H](C(=O)Cn4nnc5ccc(F)cc54)CC[C@@H]32)C1.Fc1ccc2c(c1)=NCN=2.O=CO[O-].[2H]S[2H].[H-].[K+].[K+]. The first-order valence-corrected chi connectivity index (χ1v) is 56.1. The fourth-order valence-corrected chi connectivity index (χ4v) is 36.6. The van der Waals surface area contributed by atoms with Crippen LogP contribution in [0.15, 0.2) is 82.8 Å². The molecular formula is C114H158BrF4K2N11O11S. The van der Waals surface area contributed by atoms with Crippen molar-refractivity contribution in [3.05, 3.63) is 107 Å². The van der Waals surface area contributed by atoms with Crippen molar-refractivity contribution in [3.8, 4) is 0 Å². The standard InChI is InChI=1S/3C28H38FN3O2.C22H35BrO2.C7H5FN2.CH2O3.2K.H2S.H/c1-3-28(34)13-11-19-17(15-28)4-6-21-20(19)10-12-27(2)22(21)7-8-23(27)26(33)16-32-25-9-5-18(29)14-24(25)30-31-32;1-3-28(34)13-11-19-17(15-28)4-6-21-20(19)10-12-27(2)22(21)7-8-23(27)26(33)16-32-25-14-18(29)5-9-24(25)30-31-32;1-3-28(34)13-11-19-17(15-28)4-6-21-20(19)10-12-27(2)22(21)7-8-23(27)26(33)16-32-30-24-9-5-18(29)14-25(24)31-32;1-3-22(25)11-9-15-14(12-22)4-5-17-16(15)8-10-21(2)18(17)6-7-19(21)20(24)13-23;8-5-1-2-6-7(3-5)10-4-9-6;2-1-4-3;;;;/h3*5,9,14,17,19-23,34H,3-4,6-8,10-13,15-16H2,1-2H3;14-19,25H,3-13H2,1-2H3;1-3H,4H2;1,3H;;;1H2;/q;;;;;;2*+1;;-1/p-1/t3*17-,19+,20-,21-,22+,23-,27+,28-;14-,15+,16-,17-,18+,19-,21+,22-;;;;;;/m1111....../s1/i/hD2. The van der Waals surface area contributed by atoms with Crippen molar-refractivity contribution < 1.29 is 176 Å². The van der Waals surface area contributed by atoms with Gasteiger partial charge in [-0.25, -0.2) is 26.9 Å². The van der Waals surface area contributed by atoms with Crippen LogP contribution in [0.2, 0.25) is 0 Å². The summed E-state index contributed by atoms with van der Waals surface area (Å²) >= 11 is 3.67. The molecule has 4 aromatic carbocycles. The number of nitrogens with zero attached hydrogens (tertiary/aromatic N) is 11. The average molecular weight is 2130 g/mol. The van der Waals surface area contributed by atoms with Crippen molar-refractivity contribution in [2.45, 2.75) is 354 Å². The second kappa shape index (κ2) is 46.2. The zero-order chi connectivity index (χ0) is 102. The maximum atomic E-state index is 13.8. The zero-order valence-corrected chi connectivity index (χ0v) is 95.7. The van der Waals surface area contributed by atoms with Crippen LogP contribution in [-0.2, 0) is 48.5 Å². The summed E-state index contributed by atoms with van der Waals surface area (Å²) in [5.74, 6) is 15.3. The summed E-state index contributed by atoms with van der Waals surface area (Å²) in [6.07, 6.45) is 45.0. The third-order valence-corrected chi connectivity index (χ3v) is 44.0. The van der Waals surface area contributed by atoms with E-state index >= 15 is 0 Å². The number of aliphatic hydroxyl groups is 4. The number of ketones is 4. The molecule has 0 amide bonds.